The monoisotopic (exact) mass is 345 g/mol. The van der Waals surface area contributed by atoms with E-state index >= 15 is 0 Å². The molecule has 1 aliphatic heterocycles. The van der Waals surface area contributed by atoms with Crippen molar-refractivity contribution >= 4 is 17.4 Å². The minimum absolute atomic E-state index is 0.00136. The summed E-state index contributed by atoms with van der Waals surface area (Å²) in [5.41, 5.74) is 2.29. The van der Waals surface area contributed by atoms with Gasteiger partial charge in [-0.15, -0.1) is 0 Å². The first-order valence-corrected chi connectivity index (χ1v) is 8.13. The predicted molar refractivity (Wildman–Crippen MR) is 95.3 cm³/mol. The van der Waals surface area contributed by atoms with E-state index in [1.165, 1.54) is 6.07 Å². The number of aromatic carboxylic acids is 1. The number of Topliss-reactive ketones (excluding diaryl/α,β-unsaturated/α-hetero) is 1. The zero-order chi connectivity index (χ0) is 18.1. The zero-order valence-corrected chi connectivity index (χ0v) is 13.7. The van der Waals surface area contributed by atoms with Gasteiger partial charge in [0.05, 0.1) is 23.1 Å². The third-order valence-electron chi connectivity index (χ3n) is 4.56. The van der Waals surface area contributed by atoms with Crippen molar-refractivity contribution in [3.63, 3.8) is 0 Å². The van der Waals surface area contributed by atoms with Gasteiger partial charge in [-0.1, -0.05) is 18.2 Å². The Hall–Kier alpha value is -3.54. The minimum atomic E-state index is -1.12. The van der Waals surface area contributed by atoms with Gasteiger partial charge in [-0.3, -0.25) is 14.8 Å². The second kappa shape index (κ2) is 6.40. The molecule has 0 spiro atoms. The van der Waals surface area contributed by atoms with Crippen molar-refractivity contribution in [3.05, 3.63) is 89.5 Å². The third kappa shape index (κ3) is 2.61. The van der Waals surface area contributed by atoms with Gasteiger partial charge in [0.25, 0.3) is 0 Å². The van der Waals surface area contributed by atoms with Gasteiger partial charge in [0.1, 0.15) is 0 Å². The van der Waals surface area contributed by atoms with Crippen LogP contribution in [0.25, 0.3) is 0 Å². The Labute approximate surface area is 149 Å². The molecule has 0 saturated carbocycles. The first kappa shape index (κ1) is 16.0. The average Bonchev–Trinajstić information content (AvgIpc) is 2.68. The summed E-state index contributed by atoms with van der Waals surface area (Å²) in [4.78, 5) is 33.3. The quantitative estimate of drug-likeness (QED) is 0.757. The van der Waals surface area contributed by atoms with Gasteiger partial charge in [0.15, 0.2) is 5.78 Å². The summed E-state index contributed by atoms with van der Waals surface area (Å²) in [6.07, 6.45) is 6.66. The highest BCUT2D eigenvalue weighted by Crippen LogP contribution is 2.43. The maximum absolute atomic E-state index is 13.4. The molecule has 0 radical (unpaired) electrons. The highest BCUT2D eigenvalue weighted by Gasteiger charge is 2.39. The van der Waals surface area contributed by atoms with Crippen LogP contribution in [0.4, 0.5) is 5.69 Å². The van der Waals surface area contributed by atoms with Crippen molar-refractivity contribution in [1.82, 2.24) is 9.97 Å². The topological polar surface area (TPSA) is 92.2 Å². The van der Waals surface area contributed by atoms with Crippen LogP contribution in [0.5, 0.6) is 0 Å². The fraction of sp³-hybridized carbons (Fsp3) is 0.100. The number of benzene rings is 1. The number of fused-ring (bicyclic) bond motifs is 1. The summed E-state index contributed by atoms with van der Waals surface area (Å²) in [7, 11) is 0. The number of carboxylic acids is 1. The first-order valence-electron chi connectivity index (χ1n) is 8.13. The van der Waals surface area contributed by atoms with Gasteiger partial charge in [0, 0.05) is 30.5 Å². The van der Waals surface area contributed by atoms with E-state index < -0.39 is 11.9 Å². The number of hydrogen-bond acceptors (Lipinski definition) is 5. The van der Waals surface area contributed by atoms with Crippen LogP contribution >= 0.6 is 0 Å². The molecule has 0 amide bonds. The number of carboxylic acid groups (broad SMARTS) is 1. The highest BCUT2D eigenvalue weighted by atomic mass is 16.4. The van der Waals surface area contributed by atoms with Crippen LogP contribution in [0.15, 0.2) is 67.3 Å². The Kier molecular flexibility index (Phi) is 3.93. The van der Waals surface area contributed by atoms with Crippen molar-refractivity contribution in [2.45, 2.75) is 12.0 Å². The molecule has 0 saturated heterocycles. The Morgan fingerprint density at radius 3 is 2.27 bits per heavy atom. The van der Waals surface area contributed by atoms with E-state index in [9.17, 15) is 14.7 Å². The molecule has 0 aliphatic carbocycles. The summed E-state index contributed by atoms with van der Waals surface area (Å²) in [6, 6.07) is 11.7. The fourth-order valence-corrected chi connectivity index (χ4v) is 3.41. The summed E-state index contributed by atoms with van der Waals surface area (Å²) in [6.45, 7) is 0. The molecule has 1 aliphatic rings. The van der Waals surface area contributed by atoms with Crippen LogP contribution in [0, 0.1) is 0 Å². The lowest BCUT2D eigenvalue weighted by atomic mass is 9.78. The second-order valence-corrected chi connectivity index (χ2v) is 6.07. The van der Waals surface area contributed by atoms with Gasteiger partial charge in [-0.25, -0.2) is 4.79 Å². The molecule has 6 nitrogen and oxygen atoms in total. The lowest BCUT2D eigenvalue weighted by Crippen LogP contribution is -2.33. The number of nitrogens with zero attached hydrogens (tertiary/aromatic N) is 2. The summed E-state index contributed by atoms with van der Waals surface area (Å²) >= 11 is 0. The van der Waals surface area contributed by atoms with Crippen molar-refractivity contribution in [3.8, 4) is 0 Å². The average molecular weight is 345 g/mol. The van der Waals surface area contributed by atoms with Gasteiger partial charge in [0.2, 0.25) is 0 Å². The second-order valence-electron chi connectivity index (χ2n) is 6.07. The largest absolute Gasteiger partial charge is 0.478 e. The van der Waals surface area contributed by atoms with Crippen LogP contribution in [0.3, 0.4) is 0 Å². The molecule has 4 rings (SSSR count). The molecule has 2 N–H and O–H groups in total. The van der Waals surface area contributed by atoms with Crippen LogP contribution in [-0.2, 0) is 0 Å². The maximum Gasteiger partial charge on any atom is 0.336 e. The standard InChI is InChI=1S/C20H15N3O3/c24-19-16(12-4-2-8-21-10-12)18(13-5-3-9-22-11-13)23-15-7-1-6-14(17(15)19)20(25)26/h1-11,16,18,23H,(H,25,26). The number of rotatable bonds is 3. The van der Waals surface area contributed by atoms with Crippen molar-refractivity contribution in [1.29, 1.82) is 0 Å². The number of hydrogen-bond donors (Lipinski definition) is 2. The number of aromatic nitrogens is 2. The summed E-state index contributed by atoms with van der Waals surface area (Å²) in [5, 5.41) is 12.8. The van der Waals surface area contributed by atoms with Crippen LogP contribution in [-0.4, -0.2) is 26.8 Å². The lowest BCUT2D eigenvalue weighted by molar-refractivity contribution is 0.0690. The highest BCUT2D eigenvalue weighted by molar-refractivity contribution is 6.14. The molecule has 3 aromatic rings. The number of carbonyl (C=O) groups is 2. The van der Waals surface area contributed by atoms with Crippen LogP contribution in [0.1, 0.15) is 43.8 Å². The molecular formula is C20H15N3O3. The van der Waals surface area contributed by atoms with Crippen LogP contribution in [0.2, 0.25) is 0 Å². The van der Waals surface area contributed by atoms with Gasteiger partial charge < -0.3 is 10.4 Å². The molecule has 2 atom stereocenters. The maximum atomic E-state index is 13.4. The van der Waals surface area contributed by atoms with E-state index in [-0.39, 0.29) is 23.0 Å². The van der Waals surface area contributed by atoms with Gasteiger partial charge >= 0.3 is 5.97 Å². The fourth-order valence-electron chi connectivity index (χ4n) is 3.41. The molecule has 6 heteroatoms. The number of carbonyl (C=O) groups excluding carboxylic acids is 1. The Morgan fingerprint density at radius 2 is 1.65 bits per heavy atom. The molecule has 3 heterocycles. The normalized spacial score (nSPS) is 18.7. The van der Waals surface area contributed by atoms with Crippen LogP contribution < -0.4 is 5.32 Å². The molecule has 0 fully saturated rings. The molecule has 1 aromatic carbocycles. The Balaban J connectivity index is 1.92. The van der Waals surface area contributed by atoms with E-state index in [1.54, 1.807) is 43.0 Å². The lowest BCUT2D eigenvalue weighted by Gasteiger charge is -2.34. The molecular weight excluding hydrogens is 330 g/mol. The molecule has 26 heavy (non-hydrogen) atoms. The summed E-state index contributed by atoms with van der Waals surface area (Å²) in [5.74, 6) is -1.96. The summed E-state index contributed by atoms with van der Waals surface area (Å²) < 4.78 is 0. The SMILES string of the molecule is O=C(O)c1cccc2c1C(=O)C(c1cccnc1)C(c1cccnc1)N2. The zero-order valence-electron chi connectivity index (χ0n) is 13.7. The van der Waals surface area contributed by atoms with Crippen molar-refractivity contribution in [2.24, 2.45) is 0 Å². The number of nitrogens with one attached hydrogen (secondary N) is 1. The first-order chi connectivity index (χ1) is 12.7. The van der Waals surface area contributed by atoms with E-state index in [4.69, 9.17) is 0 Å². The van der Waals surface area contributed by atoms with E-state index in [0.717, 1.165) is 11.1 Å². The molecule has 2 aromatic heterocycles. The number of anilines is 1. The predicted octanol–water partition coefficient (Wildman–Crippen LogP) is 3.31. The molecule has 128 valence electrons. The van der Waals surface area contributed by atoms with E-state index in [1.807, 2.05) is 18.2 Å². The van der Waals surface area contributed by atoms with Crippen molar-refractivity contribution in [2.75, 3.05) is 5.32 Å². The molecule has 2 unspecified atom stereocenters. The van der Waals surface area contributed by atoms with Crippen molar-refractivity contribution < 1.29 is 14.7 Å². The molecule has 0 bridgehead atoms. The minimum Gasteiger partial charge on any atom is -0.478 e. The van der Waals surface area contributed by atoms with E-state index in [2.05, 4.69) is 15.3 Å². The number of pyridine rings is 2. The number of ketones is 1. The van der Waals surface area contributed by atoms with Gasteiger partial charge in [-0.2, -0.15) is 0 Å². The third-order valence-corrected chi connectivity index (χ3v) is 4.56. The van der Waals surface area contributed by atoms with E-state index in [0.29, 0.717) is 5.69 Å². The Bertz CT molecular complexity index is 974. The Morgan fingerprint density at radius 1 is 0.962 bits per heavy atom. The van der Waals surface area contributed by atoms with Gasteiger partial charge in [-0.05, 0) is 35.4 Å². The smallest absolute Gasteiger partial charge is 0.336 e.